The quantitative estimate of drug-likeness (QED) is 0.683. The summed E-state index contributed by atoms with van der Waals surface area (Å²) in [7, 11) is 5.35. The number of amides is 2. The number of nitrogens with zero attached hydrogens (tertiary/aromatic N) is 2. The SMILES string of the molecule is COc1cc(NC(=O)NCC(c2ccc3c(c2)CCCN3C)N2CCCC2)cc(OC)c1. The first-order valence-corrected chi connectivity index (χ1v) is 11.4. The number of ether oxygens (including phenoxy) is 2. The summed E-state index contributed by atoms with van der Waals surface area (Å²) >= 11 is 0. The highest BCUT2D eigenvalue weighted by Crippen LogP contribution is 2.32. The number of rotatable bonds is 7. The summed E-state index contributed by atoms with van der Waals surface area (Å²) in [5.74, 6) is 1.27. The molecule has 0 saturated carbocycles. The minimum atomic E-state index is -0.234. The molecule has 0 aromatic heterocycles. The molecule has 2 aliphatic heterocycles. The average molecular weight is 439 g/mol. The van der Waals surface area contributed by atoms with E-state index in [-0.39, 0.29) is 12.1 Å². The molecule has 0 bridgehead atoms. The fourth-order valence-corrected chi connectivity index (χ4v) is 4.77. The Balaban J connectivity index is 1.46. The Morgan fingerprint density at radius 1 is 1.00 bits per heavy atom. The number of methoxy groups -OCH3 is 2. The van der Waals surface area contributed by atoms with Crippen molar-refractivity contribution in [1.29, 1.82) is 0 Å². The van der Waals surface area contributed by atoms with Gasteiger partial charge in [0.1, 0.15) is 11.5 Å². The van der Waals surface area contributed by atoms with E-state index in [9.17, 15) is 4.79 Å². The van der Waals surface area contributed by atoms with Gasteiger partial charge in [-0.1, -0.05) is 12.1 Å². The number of fused-ring (bicyclic) bond motifs is 1. The van der Waals surface area contributed by atoms with Crippen molar-refractivity contribution in [2.75, 3.05) is 57.7 Å². The smallest absolute Gasteiger partial charge is 0.319 e. The van der Waals surface area contributed by atoms with Gasteiger partial charge in [0.05, 0.1) is 20.3 Å². The predicted molar refractivity (Wildman–Crippen MR) is 128 cm³/mol. The minimum Gasteiger partial charge on any atom is -0.497 e. The molecule has 2 aromatic carbocycles. The van der Waals surface area contributed by atoms with Crippen molar-refractivity contribution < 1.29 is 14.3 Å². The number of benzene rings is 2. The van der Waals surface area contributed by atoms with Crippen molar-refractivity contribution in [3.8, 4) is 11.5 Å². The van der Waals surface area contributed by atoms with Crippen LogP contribution in [0.15, 0.2) is 36.4 Å². The summed E-state index contributed by atoms with van der Waals surface area (Å²) < 4.78 is 10.6. The molecule has 1 unspecified atom stereocenters. The molecule has 2 amide bonds. The van der Waals surface area contributed by atoms with Crippen LogP contribution in [-0.2, 0) is 6.42 Å². The van der Waals surface area contributed by atoms with Crippen molar-refractivity contribution in [3.05, 3.63) is 47.5 Å². The standard InChI is InChI=1S/C25H34N4O3/c1-28-10-6-7-18-13-19(8-9-23(18)28)24(29-11-4-5-12-29)17-26-25(30)27-20-14-21(31-2)16-22(15-20)32-3/h8-9,13-16,24H,4-7,10-12,17H2,1-3H3,(H2,26,27,30). The summed E-state index contributed by atoms with van der Waals surface area (Å²) in [4.78, 5) is 17.5. The fraction of sp³-hybridized carbons (Fsp3) is 0.480. The summed E-state index contributed by atoms with van der Waals surface area (Å²) in [5.41, 5.74) is 4.66. The maximum absolute atomic E-state index is 12.7. The lowest BCUT2D eigenvalue weighted by atomic mass is 9.96. The van der Waals surface area contributed by atoms with Crippen molar-refractivity contribution in [2.45, 2.75) is 31.7 Å². The van der Waals surface area contributed by atoms with Crippen molar-refractivity contribution in [3.63, 3.8) is 0 Å². The van der Waals surface area contributed by atoms with Gasteiger partial charge in [0.25, 0.3) is 0 Å². The number of urea groups is 1. The molecule has 2 aliphatic rings. The molecule has 2 heterocycles. The number of aryl methyl sites for hydroxylation is 1. The number of carbonyl (C=O) groups is 1. The van der Waals surface area contributed by atoms with Crippen LogP contribution in [0.1, 0.15) is 36.4 Å². The number of anilines is 2. The van der Waals surface area contributed by atoms with E-state index in [0.29, 0.717) is 23.7 Å². The third-order valence-corrected chi connectivity index (χ3v) is 6.49. The Bertz CT molecular complexity index is 921. The lowest BCUT2D eigenvalue weighted by Crippen LogP contribution is -2.38. The molecule has 0 spiro atoms. The zero-order valence-corrected chi connectivity index (χ0v) is 19.3. The van der Waals surface area contributed by atoms with E-state index < -0.39 is 0 Å². The first-order valence-electron chi connectivity index (χ1n) is 11.4. The van der Waals surface area contributed by atoms with Crippen LogP contribution in [0.25, 0.3) is 0 Å². The van der Waals surface area contributed by atoms with Gasteiger partial charge in [-0.25, -0.2) is 4.79 Å². The molecule has 172 valence electrons. The van der Waals surface area contributed by atoms with Crippen molar-refractivity contribution >= 4 is 17.4 Å². The van der Waals surface area contributed by atoms with Gasteiger partial charge in [0.2, 0.25) is 0 Å². The van der Waals surface area contributed by atoms with Gasteiger partial charge in [0, 0.05) is 49.7 Å². The molecule has 2 aromatic rings. The lowest BCUT2D eigenvalue weighted by Gasteiger charge is -2.32. The monoisotopic (exact) mass is 438 g/mol. The predicted octanol–water partition coefficient (Wildman–Crippen LogP) is 4.04. The molecular formula is C25H34N4O3. The van der Waals surface area contributed by atoms with Crippen LogP contribution in [0.5, 0.6) is 11.5 Å². The second-order valence-corrected chi connectivity index (χ2v) is 8.61. The molecule has 32 heavy (non-hydrogen) atoms. The number of likely N-dealkylation sites (tertiary alicyclic amines) is 1. The van der Waals surface area contributed by atoms with Crippen LogP contribution >= 0.6 is 0 Å². The number of carbonyl (C=O) groups excluding carboxylic acids is 1. The van der Waals surface area contributed by atoms with Gasteiger partial charge >= 0.3 is 6.03 Å². The van der Waals surface area contributed by atoms with Gasteiger partial charge in [-0.2, -0.15) is 0 Å². The Morgan fingerprint density at radius 3 is 2.41 bits per heavy atom. The first-order chi connectivity index (χ1) is 15.6. The lowest BCUT2D eigenvalue weighted by molar-refractivity contribution is 0.227. The van der Waals surface area contributed by atoms with Gasteiger partial charge in [-0.3, -0.25) is 4.90 Å². The Hall–Kier alpha value is -2.93. The number of nitrogens with one attached hydrogen (secondary N) is 2. The summed E-state index contributed by atoms with van der Waals surface area (Å²) in [5, 5.41) is 6.00. The summed E-state index contributed by atoms with van der Waals surface area (Å²) in [6.07, 6.45) is 4.72. The van der Waals surface area contributed by atoms with Gasteiger partial charge in [-0.15, -0.1) is 0 Å². The molecule has 0 radical (unpaired) electrons. The molecular weight excluding hydrogens is 404 g/mol. The maximum atomic E-state index is 12.7. The van der Waals surface area contributed by atoms with Crippen LogP contribution in [0.4, 0.5) is 16.2 Å². The first kappa shape index (κ1) is 22.3. The number of hydrogen-bond donors (Lipinski definition) is 2. The largest absolute Gasteiger partial charge is 0.497 e. The highest BCUT2D eigenvalue weighted by atomic mass is 16.5. The van der Waals surface area contributed by atoms with Gasteiger partial charge in [0.15, 0.2) is 0 Å². The third kappa shape index (κ3) is 5.10. The minimum absolute atomic E-state index is 0.167. The van der Waals surface area contributed by atoms with E-state index >= 15 is 0 Å². The second-order valence-electron chi connectivity index (χ2n) is 8.61. The molecule has 0 aliphatic carbocycles. The Morgan fingerprint density at radius 2 is 1.72 bits per heavy atom. The van der Waals surface area contributed by atoms with Crippen LogP contribution in [0.2, 0.25) is 0 Å². The zero-order chi connectivity index (χ0) is 22.5. The molecule has 2 N–H and O–H groups in total. The molecule has 1 fully saturated rings. The normalized spacial score (nSPS) is 16.9. The highest BCUT2D eigenvalue weighted by Gasteiger charge is 2.25. The Labute approximate surface area is 190 Å². The van der Waals surface area contributed by atoms with Gasteiger partial charge < -0.3 is 25.0 Å². The van der Waals surface area contributed by atoms with Crippen LogP contribution in [0, 0.1) is 0 Å². The summed E-state index contributed by atoms with van der Waals surface area (Å²) in [6.45, 7) is 3.80. The van der Waals surface area contributed by atoms with Crippen molar-refractivity contribution in [1.82, 2.24) is 10.2 Å². The van der Waals surface area contributed by atoms with Crippen LogP contribution < -0.4 is 25.0 Å². The Kier molecular flexibility index (Phi) is 7.05. The topological polar surface area (TPSA) is 66.1 Å². The van der Waals surface area contributed by atoms with E-state index in [1.807, 2.05) is 0 Å². The third-order valence-electron chi connectivity index (χ3n) is 6.49. The van der Waals surface area contributed by atoms with E-state index in [1.165, 1.54) is 36.1 Å². The van der Waals surface area contributed by atoms with Crippen LogP contribution in [-0.4, -0.2) is 58.4 Å². The van der Waals surface area contributed by atoms with Crippen LogP contribution in [0.3, 0.4) is 0 Å². The maximum Gasteiger partial charge on any atom is 0.319 e. The van der Waals surface area contributed by atoms with E-state index in [1.54, 1.807) is 32.4 Å². The number of hydrogen-bond acceptors (Lipinski definition) is 5. The average Bonchev–Trinajstić information content (AvgIpc) is 3.33. The van der Waals surface area contributed by atoms with E-state index in [4.69, 9.17) is 9.47 Å². The molecule has 4 rings (SSSR count). The molecule has 1 saturated heterocycles. The summed E-state index contributed by atoms with van der Waals surface area (Å²) in [6, 6.07) is 12.1. The molecule has 7 heteroatoms. The zero-order valence-electron chi connectivity index (χ0n) is 19.3. The highest BCUT2D eigenvalue weighted by molar-refractivity contribution is 5.89. The molecule has 1 atom stereocenters. The second kappa shape index (κ2) is 10.1. The molecule has 7 nitrogen and oxygen atoms in total. The van der Waals surface area contributed by atoms with Crippen molar-refractivity contribution in [2.24, 2.45) is 0 Å². The van der Waals surface area contributed by atoms with E-state index in [2.05, 4.69) is 45.7 Å². The fourth-order valence-electron chi connectivity index (χ4n) is 4.77. The van der Waals surface area contributed by atoms with Gasteiger partial charge in [-0.05, 0) is 56.0 Å². The van der Waals surface area contributed by atoms with E-state index in [0.717, 1.165) is 26.1 Å².